The first-order chi connectivity index (χ1) is 8.04. The van der Waals surface area contributed by atoms with Crippen LogP contribution in [0.5, 0.6) is 0 Å². The summed E-state index contributed by atoms with van der Waals surface area (Å²) in [4.78, 5) is 36.5. The van der Waals surface area contributed by atoms with Gasteiger partial charge < -0.3 is 14.9 Å². The number of aliphatic carboxylic acids is 1. The normalized spacial score (nSPS) is 15.1. The number of carbonyl (C=O) groups excluding carboxylic acids is 2. The Morgan fingerprint density at radius 1 is 1.53 bits per heavy atom. The number of thioether (sulfide) groups is 1. The average molecular weight is 260 g/mol. The molecule has 0 spiro atoms. The first kappa shape index (κ1) is 13.8. The first-order valence-electron chi connectivity index (χ1n) is 5.46. The van der Waals surface area contributed by atoms with Gasteiger partial charge >= 0.3 is 5.97 Å². The molecule has 0 aromatic carbocycles. The summed E-state index contributed by atoms with van der Waals surface area (Å²) in [6.07, 6.45) is 0.696. The third-order valence-corrected chi connectivity index (χ3v) is 3.24. The first-order valence-corrected chi connectivity index (χ1v) is 6.44. The highest BCUT2D eigenvalue weighted by atomic mass is 32.2. The van der Waals surface area contributed by atoms with Crippen molar-refractivity contribution in [2.24, 2.45) is 0 Å². The SMILES string of the molecule is CCCN(CC(=O)O)C(=O)CN1CCSC1=O. The quantitative estimate of drug-likeness (QED) is 0.751. The average Bonchev–Trinajstić information content (AvgIpc) is 2.63. The summed E-state index contributed by atoms with van der Waals surface area (Å²) in [5.41, 5.74) is 0. The van der Waals surface area contributed by atoms with E-state index < -0.39 is 5.97 Å². The largest absolute Gasteiger partial charge is 0.480 e. The van der Waals surface area contributed by atoms with Crippen LogP contribution in [-0.4, -0.2) is 64.0 Å². The molecule has 2 amide bonds. The molecule has 1 aliphatic rings. The second-order valence-electron chi connectivity index (χ2n) is 3.74. The minimum Gasteiger partial charge on any atom is -0.480 e. The third-order valence-electron chi connectivity index (χ3n) is 2.34. The molecule has 0 radical (unpaired) electrons. The van der Waals surface area contributed by atoms with Crippen molar-refractivity contribution < 1.29 is 19.5 Å². The molecule has 0 aliphatic carbocycles. The number of amides is 2. The van der Waals surface area contributed by atoms with E-state index in [1.807, 2.05) is 6.92 Å². The molecule has 96 valence electrons. The zero-order valence-corrected chi connectivity index (χ0v) is 10.5. The van der Waals surface area contributed by atoms with Gasteiger partial charge in [0.05, 0.1) is 0 Å². The molecule has 1 fully saturated rings. The van der Waals surface area contributed by atoms with E-state index in [2.05, 4.69) is 0 Å². The van der Waals surface area contributed by atoms with Crippen molar-refractivity contribution in [3.05, 3.63) is 0 Å². The molecule has 1 aliphatic heterocycles. The van der Waals surface area contributed by atoms with Gasteiger partial charge in [0.1, 0.15) is 13.1 Å². The van der Waals surface area contributed by atoms with E-state index in [9.17, 15) is 14.4 Å². The highest BCUT2D eigenvalue weighted by molar-refractivity contribution is 8.13. The Kier molecular flexibility index (Phi) is 5.27. The van der Waals surface area contributed by atoms with Gasteiger partial charge in [-0.15, -0.1) is 0 Å². The van der Waals surface area contributed by atoms with Gasteiger partial charge in [0.15, 0.2) is 0 Å². The van der Waals surface area contributed by atoms with Crippen LogP contribution >= 0.6 is 11.8 Å². The summed E-state index contributed by atoms with van der Waals surface area (Å²) in [7, 11) is 0. The van der Waals surface area contributed by atoms with Gasteiger partial charge in [-0.25, -0.2) is 0 Å². The molecule has 17 heavy (non-hydrogen) atoms. The van der Waals surface area contributed by atoms with Gasteiger partial charge in [-0.05, 0) is 6.42 Å². The van der Waals surface area contributed by atoms with E-state index in [0.29, 0.717) is 25.3 Å². The number of carboxylic acids is 1. The fourth-order valence-corrected chi connectivity index (χ4v) is 2.38. The minimum atomic E-state index is -1.03. The van der Waals surface area contributed by atoms with Crippen LogP contribution in [0.2, 0.25) is 0 Å². The Morgan fingerprint density at radius 3 is 2.71 bits per heavy atom. The molecular weight excluding hydrogens is 244 g/mol. The zero-order valence-electron chi connectivity index (χ0n) is 9.72. The summed E-state index contributed by atoms with van der Waals surface area (Å²) < 4.78 is 0. The van der Waals surface area contributed by atoms with Crippen LogP contribution in [0.1, 0.15) is 13.3 Å². The number of nitrogens with zero attached hydrogens (tertiary/aromatic N) is 2. The van der Waals surface area contributed by atoms with Gasteiger partial charge in [-0.1, -0.05) is 18.7 Å². The Bertz CT molecular complexity index is 321. The van der Waals surface area contributed by atoms with Gasteiger partial charge in [-0.3, -0.25) is 14.4 Å². The maximum Gasteiger partial charge on any atom is 0.323 e. The lowest BCUT2D eigenvalue weighted by molar-refractivity contribution is -0.144. The van der Waals surface area contributed by atoms with Crippen molar-refractivity contribution in [2.75, 3.05) is 31.9 Å². The Hall–Kier alpha value is -1.24. The van der Waals surface area contributed by atoms with Crippen LogP contribution in [-0.2, 0) is 9.59 Å². The number of carboxylic acid groups (broad SMARTS) is 1. The minimum absolute atomic E-state index is 0.0148. The Labute approximate surface area is 104 Å². The van der Waals surface area contributed by atoms with Crippen LogP contribution in [0.15, 0.2) is 0 Å². The maximum absolute atomic E-state index is 11.8. The maximum atomic E-state index is 11.8. The molecule has 0 bridgehead atoms. The lowest BCUT2D eigenvalue weighted by atomic mass is 10.3. The lowest BCUT2D eigenvalue weighted by Gasteiger charge is -2.23. The molecule has 1 rings (SSSR count). The Morgan fingerprint density at radius 2 is 2.24 bits per heavy atom. The topological polar surface area (TPSA) is 77.9 Å². The van der Waals surface area contributed by atoms with Crippen LogP contribution in [0, 0.1) is 0 Å². The second kappa shape index (κ2) is 6.48. The van der Waals surface area contributed by atoms with E-state index in [-0.39, 0.29) is 24.2 Å². The Balaban J connectivity index is 2.51. The standard InChI is InChI=1S/C10H16N2O4S/c1-2-3-11(7-9(14)15)8(13)6-12-4-5-17-10(12)16/h2-7H2,1H3,(H,14,15). The summed E-state index contributed by atoms with van der Waals surface area (Å²) >= 11 is 1.19. The lowest BCUT2D eigenvalue weighted by Crippen LogP contribution is -2.43. The van der Waals surface area contributed by atoms with E-state index >= 15 is 0 Å². The number of hydrogen-bond donors (Lipinski definition) is 1. The molecule has 1 saturated heterocycles. The van der Waals surface area contributed by atoms with Crippen LogP contribution in [0.4, 0.5) is 4.79 Å². The van der Waals surface area contributed by atoms with Crippen molar-refractivity contribution in [1.29, 1.82) is 0 Å². The third kappa shape index (κ3) is 4.26. The molecule has 1 heterocycles. The molecule has 6 nitrogen and oxygen atoms in total. The summed E-state index contributed by atoms with van der Waals surface area (Å²) in [5, 5.41) is 8.59. The van der Waals surface area contributed by atoms with Crippen LogP contribution in [0.25, 0.3) is 0 Å². The van der Waals surface area contributed by atoms with Crippen molar-refractivity contribution in [2.45, 2.75) is 13.3 Å². The van der Waals surface area contributed by atoms with Crippen molar-refractivity contribution in [3.8, 4) is 0 Å². The van der Waals surface area contributed by atoms with Crippen molar-refractivity contribution in [3.63, 3.8) is 0 Å². The smallest absolute Gasteiger partial charge is 0.323 e. The van der Waals surface area contributed by atoms with Crippen molar-refractivity contribution >= 4 is 28.9 Å². The van der Waals surface area contributed by atoms with Crippen LogP contribution < -0.4 is 0 Å². The summed E-state index contributed by atoms with van der Waals surface area (Å²) in [6, 6.07) is 0. The number of rotatable bonds is 6. The highest BCUT2D eigenvalue weighted by Crippen LogP contribution is 2.16. The monoisotopic (exact) mass is 260 g/mol. The van der Waals surface area contributed by atoms with E-state index in [1.54, 1.807) is 0 Å². The predicted molar refractivity (Wildman–Crippen MR) is 63.9 cm³/mol. The fourth-order valence-electron chi connectivity index (χ4n) is 1.56. The van der Waals surface area contributed by atoms with E-state index in [0.717, 1.165) is 0 Å². The van der Waals surface area contributed by atoms with Gasteiger partial charge in [0.2, 0.25) is 5.91 Å². The summed E-state index contributed by atoms with van der Waals surface area (Å²) in [5.74, 6) is -0.641. The zero-order chi connectivity index (χ0) is 12.8. The molecular formula is C10H16N2O4S. The molecule has 0 saturated carbocycles. The van der Waals surface area contributed by atoms with Crippen LogP contribution in [0.3, 0.4) is 0 Å². The van der Waals surface area contributed by atoms with Gasteiger partial charge in [0, 0.05) is 18.8 Å². The van der Waals surface area contributed by atoms with Crippen molar-refractivity contribution in [1.82, 2.24) is 9.80 Å². The molecule has 1 N–H and O–H groups in total. The van der Waals surface area contributed by atoms with E-state index in [4.69, 9.17) is 5.11 Å². The molecule has 0 aromatic rings. The van der Waals surface area contributed by atoms with Gasteiger partial charge in [0.25, 0.3) is 5.24 Å². The second-order valence-corrected chi connectivity index (χ2v) is 4.79. The summed E-state index contributed by atoms with van der Waals surface area (Å²) in [6.45, 7) is 2.52. The van der Waals surface area contributed by atoms with Gasteiger partial charge in [-0.2, -0.15) is 0 Å². The number of carbonyl (C=O) groups is 3. The molecule has 7 heteroatoms. The molecule has 0 unspecified atom stereocenters. The molecule has 0 atom stereocenters. The highest BCUT2D eigenvalue weighted by Gasteiger charge is 2.26. The van der Waals surface area contributed by atoms with E-state index in [1.165, 1.54) is 21.6 Å². The molecule has 0 aromatic heterocycles. The number of hydrogen-bond acceptors (Lipinski definition) is 4. The predicted octanol–water partition coefficient (Wildman–Crippen LogP) is 0.478. The fraction of sp³-hybridized carbons (Fsp3) is 0.700.